The second-order valence-corrected chi connectivity index (χ2v) is 3.62. The molecule has 0 spiro atoms. The van der Waals surface area contributed by atoms with Crippen LogP contribution in [0, 0.1) is 0 Å². The molecule has 0 aromatic heterocycles. The minimum Gasteiger partial charge on any atom is -0.465 e. The molecule has 0 radical (unpaired) electrons. The fourth-order valence-electron chi connectivity index (χ4n) is 1.21. The van der Waals surface area contributed by atoms with Crippen molar-refractivity contribution in [2.45, 2.75) is 6.32 Å². The van der Waals surface area contributed by atoms with Crippen LogP contribution in [-0.4, -0.2) is 20.1 Å². The van der Waals surface area contributed by atoms with E-state index in [9.17, 15) is 17.7 Å². The highest BCUT2D eigenvalue weighted by Gasteiger charge is 2.24. The van der Waals surface area contributed by atoms with E-state index in [0.717, 1.165) is 0 Å². The number of hydrogen-bond donors (Lipinski definition) is 0. The predicted octanol–water partition coefficient (Wildman–Crippen LogP) is 3.06. The molecule has 0 heterocycles. The zero-order chi connectivity index (χ0) is 12.3. The molecule has 0 fully saturated rings. The first-order valence-corrected chi connectivity index (χ1v) is 4.79. The lowest BCUT2D eigenvalue weighted by atomic mass is 9.81. The molecule has 2 nitrogen and oxygen atoms in total. The smallest absolute Gasteiger partial charge is 0.465 e. The van der Waals surface area contributed by atoms with E-state index in [-0.39, 0.29) is 16.1 Å². The molecule has 0 unspecified atom stereocenters. The normalized spacial score (nSPS) is 11.3. The summed E-state index contributed by atoms with van der Waals surface area (Å²) >= 11 is 5.64. The van der Waals surface area contributed by atoms with Crippen LogP contribution in [0.3, 0.4) is 0 Å². The maximum absolute atomic E-state index is 12.2. The van der Waals surface area contributed by atoms with E-state index in [2.05, 4.69) is 4.74 Å². The van der Waals surface area contributed by atoms with E-state index in [4.69, 9.17) is 11.6 Å². The number of carbonyl (C=O) groups is 1. The van der Waals surface area contributed by atoms with Crippen molar-refractivity contribution in [3.63, 3.8) is 0 Å². The van der Waals surface area contributed by atoms with Gasteiger partial charge in [-0.1, -0.05) is 29.6 Å². The van der Waals surface area contributed by atoms with Crippen molar-refractivity contribution >= 4 is 24.5 Å². The number of rotatable bonds is 3. The van der Waals surface area contributed by atoms with E-state index in [1.807, 2.05) is 0 Å². The Morgan fingerprint density at radius 3 is 2.50 bits per heavy atom. The van der Waals surface area contributed by atoms with Gasteiger partial charge in [-0.25, -0.2) is 4.79 Å². The van der Waals surface area contributed by atoms with E-state index in [1.165, 1.54) is 25.3 Å². The second kappa shape index (κ2) is 4.78. The molecule has 0 N–H and O–H groups in total. The van der Waals surface area contributed by atoms with Crippen LogP contribution in [0.15, 0.2) is 18.2 Å². The van der Waals surface area contributed by atoms with Crippen LogP contribution in [0.5, 0.6) is 0 Å². The summed E-state index contributed by atoms with van der Waals surface area (Å²) in [5, 5.41) is -0.0814. The number of esters is 1. The summed E-state index contributed by atoms with van der Waals surface area (Å²) in [4.78, 5) is 11.1. The third-order valence-corrected chi connectivity index (χ3v) is 2.28. The maximum Gasteiger partial charge on any atom is 0.482 e. The lowest BCUT2D eigenvalue weighted by Crippen LogP contribution is -2.19. The van der Waals surface area contributed by atoms with Gasteiger partial charge in [-0.15, -0.1) is 0 Å². The molecule has 0 amide bonds. The van der Waals surface area contributed by atoms with Crippen molar-refractivity contribution < 1.29 is 22.5 Å². The van der Waals surface area contributed by atoms with Crippen molar-refractivity contribution in [1.29, 1.82) is 0 Å². The summed E-state index contributed by atoms with van der Waals surface area (Å²) in [7, 11) is 1.18. The summed E-state index contributed by atoms with van der Waals surface area (Å²) in [5.74, 6) is -0.633. The Morgan fingerprint density at radius 1 is 1.44 bits per heavy atom. The largest absolute Gasteiger partial charge is 0.482 e. The Labute approximate surface area is 95.4 Å². The molecule has 0 atom stereocenters. The van der Waals surface area contributed by atoms with Crippen molar-refractivity contribution in [3.05, 3.63) is 34.3 Å². The lowest BCUT2D eigenvalue weighted by Gasteiger charge is -2.14. The summed E-state index contributed by atoms with van der Waals surface area (Å²) in [6, 6.07) is 3.61. The molecule has 0 aliphatic heterocycles. The molecule has 1 aromatic rings. The van der Waals surface area contributed by atoms with Gasteiger partial charge >= 0.3 is 12.9 Å². The van der Waals surface area contributed by atoms with Crippen LogP contribution in [0.1, 0.15) is 15.9 Å². The van der Waals surface area contributed by atoms with E-state index in [1.54, 1.807) is 0 Å². The Kier molecular flexibility index (Phi) is 3.85. The van der Waals surface area contributed by atoms with Crippen LogP contribution in [-0.2, 0) is 11.1 Å². The van der Waals surface area contributed by atoms with Crippen molar-refractivity contribution in [2.75, 3.05) is 7.11 Å². The topological polar surface area (TPSA) is 26.3 Å². The average Bonchev–Trinajstić information content (AvgIpc) is 2.18. The molecule has 1 aromatic carbocycles. The molecule has 0 saturated carbocycles. The van der Waals surface area contributed by atoms with Gasteiger partial charge in [0.05, 0.1) is 12.7 Å². The average molecular weight is 251 g/mol. The van der Waals surface area contributed by atoms with Gasteiger partial charge in [0.25, 0.3) is 0 Å². The van der Waals surface area contributed by atoms with E-state index < -0.39 is 19.3 Å². The van der Waals surface area contributed by atoms with Gasteiger partial charge in [-0.2, -0.15) is 0 Å². The van der Waals surface area contributed by atoms with Gasteiger partial charge < -0.3 is 17.7 Å². The highest BCUT2D eigenvalue weighted by molar-refractivity contribution is 6.58. The zero-order valence-electron chi connectivity index (χ0n) is 8.34. The van der Waals surface area contributed by atoms with Crippen LogP contribution in [0.25, 0.3) is 0 Å². The highest BCUT2D eigenvalue weighted by Crippen LogP contribution is 2.24. The second-order valence-electron chi connectivity index (χ2n) is 3.21. The van der Waals surface area contributed by atoms with E-state index >= 15 is 0 Å². The fourth-order valence-corrected chi connectivity index (χ4v) is 1.46. The van der Waals surface area contributed by atoms with Crippen LogP contribution in [0.2, 0.25) is 5.02 Å². The Hall–Kier alpha value is -1.17. The van der Waals surface area contributed by atoms with Crippen molar-refractivity contribution in [3.8, 4) is 0 Å². The maximum atomic E-state index is 12.2. The number of benzene rings is 1. The summed E-state index contributed by atoms with van der Waals surface area (Å²) < 4.78 is 40.9. The summed E-state index contributed by atoms with van der Waals surface area (Å²) in [6.07, 6.45) is -1.06. The quantitative estimate of drug-likeness (QED) is 0.609. The molecule has 0 saturated heterocycles. The standard InChI is InChI=1S/C9H8BClF3O2/c1-16-9(15)6-2-3-7(8(11)4-6)5-10(12,13)14/h2-4H,5H2,1H3/q-1. The molecular weight excluding hydrogens is 243 g/mol. The first-order valence-electron chi connectivity index (χ1n) is 4.41. The lowest BCUT2D eigenvalue weighted by molar-refractivity contribution is 0.0600. The third kappa shape index (κ3) is 3.45. The minimum atomic E-state index is -4.93. The fraction of sp³-hybridized carbons (Fsp3) is 0.222. The monoisotopic (exact) mass is 251 g/mol. The number of carbonyl (C=O) groups excluding carboxylic acids is 1. The number of methoxy groups -OCH3 is 1. The van der Waals surface area contributed by atoms with E-state index in [0.29, 0.717) is 0 Å². The Balaban J connectivity index is 2.96. The van der Waals surface area contributed by atoms with Crippen molar-refractivity contribution in [2.24, 2.45) is 0 Å². The Morgan fingerprint density at radius 2 is 2.06 bits per heavy atom. The van der Waals surface area contributed by atoms with Gasteiger partial charge in [0.2, 0.25) is 0 Å². The van der Waals surface area contributed by atoms with Gasteiger partial charge in [0, 0.05) is 5.02 Å². The van der Waals surface area contributed by atoms with Crippen LogP contribution >= 0.6 is 11.6 Å². The molecule has 1 rings (SSSR count). The number of hydrogen-bond acceptors (Lipinski definition) is 2. The van der Waals surface area contributed by atoms with Gasteiger partial charge in [0.15, 0.2) is 0 Å². The molecule has 0 bridgehead atoms. The molecular formula is C9H8BClF3O2-. The summed E-state index contributed by atoms with van der Waals surface area (Å²) in [5.41, 5.74) is 0.0905. The highest BCUT2D eigenvalue weighted by atomic mass is 35.5. The Bertz CT molecular complexity index is 406. The SMILES string of the molecule is COC(=O)c1ccc(C[B-](F)(F)F)c(Cl)c1. The summed E-state index contributed by atoms with van der Waals surface area (Å²) in [6.45, 7) is -4.93. The van der Waals surface area contributed by atoms with Gasteiger partial charge in [0.1, 0.15) is 0 Å². The molecule has 7 heteroatoms. The minimum absolute atomic E-state index is 0.0400. The first-order chi connectivity index (χ1) is 7.33. The molecule has 88 valence electrons. The van der Waals surface area contributed by atoms with Crippen LogP contribution in [0.4, 0.5) is 12.9 Å². The van der Waals surface area contributed by atoms with Gasteiger partial charge in [-0.05, 0) is 12.1 Å². The first kappa shape index (κ1) is 12.9. The van der Waals surface area contributed by atoms with Crippen LogP contribution < -0.4 is 0 Å². The zero-order valence-corrected chi connectivity index (χ0v) is 9.10. The third-order valence-electron chi connectivity index (χ3n) is 1.93. The number of ether oxygens (including phenoxy) is 1. The number of halogens is 4. The van der Waals surface area contributed by atoms with Crippen molar-refractivity contribution in [1.82, 2.24) is 0 Å². The predicted molar refractivity (Wildman–Crippen MR) is 55.6 cm³/mol. The van der Waals surface area contributed by atoms with Gasteiger partial charge in [-0.3, -0.25) is 0 Å². The molecule has 16 heavy (non-hydrogen) atoms. The molecule has 0 aliphatic carbocycles. The molecule has 0 aliphatic rings.